The van der Waals surface area contributed by atoms with Gasteiger partial charge < -0.3 is 9.57 Å². The number of halogens is 1. The monoisotopic (exact) mass is 331 g/mol. The third-order valence-corrected chi connectivity index (χ3v) is 3.65. The summed E-state index contributed by atoms with van der Waals surface area (Å²) < 4.78 is 5.05. The summed E-state index contributed by atoms with van der Waals surface area (Å²) in [7, 11) is 1.37. The van der Waals surface area contributed by atoms with Crippen LogP contribution in [-0.2, 0) is 4.84 Å². The Bertz CT molecular complexity index is 798. The van der Waals surface area contributed by atoms with Gasteiger partial charge in [-0.1, -0.05) is 34.9 Å². The third kappa shape index (κ3) is 2.43. The largest absolute Gasteiger partial charge is 0.496 e. The lowest BCUT2D eigenvalue weighted by atomic mass is 10.1. The number of imide groups is 1. The summed E-state index contributed by atoms with van der Waals surface area (Å²) in [5, 5.41) is 0.515. The van der Waals surface area contributed by atoms with E-state index in [0.29, 0.717) is 5.06 Å². The molecule has 0 saturated heterocycles. The molecule has 0 radical (unpaired) electrons. The molecular formula is C16H10ClNO5. The van der Waals surface area contributed by atoms with Crippen LogP contribution in [-0.4, -0.2) is 30.0 Å². The Kier molecular flexibility index (Phi) is 3.75. The van der Waals surface area contributed by atoms with Gasteiger partial charge in [0, 0.05) is 0 Å². The topological polar surface area (TPSA) is 72.9 Å². The molecule has 1 aliphatic heterocycles. The van der Waals surface area contributed by atoms with E-state index in [2.05, 4.69) is 0 Å². The van der Waals surface area contributed by atoms with Gasteiger partial charge in [0.05, 0.1) is 23.3 Å². The van der Waals surface area contributed by atoms with Gasteiger partial charge in [-0.05, 0) is 24.3 Å². The van der Waals surface area contributed by atoms with Crippen LogP contribution in [0.25, 0.3) is 0 Å². The minimum absolute atomic E-state index is 0.0618. The van der Waals surface area contributed by atoms with Crippen LogP contribution in [0.1, 0.15) is 31.1 Å². The second kappa shape index (κ2) is 5.73. The fourth-order valence-corrected chi connectivity index (χ4v) is 2.49. The van der Waals surface area contributed by atoms with Crippen molar-refractivity contribution in [3.63, 3.8) is 0 Å². The number of hydroxylamine groups is 2. The number of rotatable bonds is 3. The summed E-state index contributed by atoms with van der Waals surface area (Å²) >= 11 is 5.98. The summed E-state index contributed by atoms with van der Waals surface area (Å²) in [5.74, 6) is -2.18. The average Bonchev–Trinajstić information content (AvgIpc) is 2.80. The van der Waals surface area contributed by atoms with Crippen molar-refractivity contribution in [3.8, 4) is 5.75 Å². The van der Waals surface area contributed by atoms with Crippen molar-refractivity contribution < 1.29 is 24.0 Å². The molecule has 0 N–H and O–H groups in total. The Balaban J connectivity index is 1.91. The predicted molar refractivity (Wildman–Crippen MR) is 80.4 cm³/mol. The number of methoxy groups -OCH3 is 1. The van der Waals surface area contributed by atoms with E-state index in [4.69, 9.17) is 21.2 Å². The van der Waals surface area contributed by atoms with Gasteiger partial charge in [0.1, 0.15) is 11.3 Å². The average molecular weight is 332 g/mol. The first-order valence-electron chi connectivity index (χ1n) is 6.57. The number of benzene rings is 2. The lowest BCUT2D eigenvalue weighted by molar-refractivity contribution is -0.0586. The van der Waals surface area contributed by atoms with Crippen molar-refractivity contribution in [2.75, 3.05) is 7.11 Å². The van der Waals surface area contributed by atoms with E-state index in [1.54, 1.807) is 18.2 Å². The number of hydrogen-bond acceptors (Lipinski definition) is 5. The summed E-state index contributed by atoms with van der Waals surface area (Å²) in [6.07, 6.45) is 0. The fraction of sp³-hybridized carbons (Fsp3) is 0.0625. The highest BCUT2D eigenvalue weighted by Gasteiger charge is 2.39. The first-order valence-corrected chi connectivity index (χ1v) is 6.95. The number of nitrogens with zero attached hydrogens (tertiary/aromatic N) is 1. The summed E-state index contributed by atoms with van der Waals surface area (Å²) in [5.41, 5.74) is 0.293. The zero-order chi connectivity index (χ0) is 16.6. The molecule has 1 heterocycles. The molecule has 116 valence electrons. The molecule has 2 amide bonds. The minimum Gasteiger partial charge on any atom is -0.496 e. The second-order valence-corrected chi connectivity index (χ2v) is 5.05. The molecule has 2 aromatic carbocycles. The van der Waals surface area contributed by atoms with Crippen LogP contribution in [0.3, 0.4) is 0 Å². The van der Waals surface area contributed by atoms with E-state index in [1.807, 2.05) is 0 Å². The van der Waals surface area contributed by atoms with Gasteiger partial charge in [0.25, 0.3) is 11.8 Å². The Morgan fingerprint density at radius 1 is 1.00 bits per heavy atom. The van der Waals surface area contributed by atoms with Gasteiger partial charge in [-0.2, -0.15) is 0 Å². The van der Waals surface area contributed by atoms with Crippen LogP contribution in [0.5, 0.6) is 5.75 Å². The van der Waals surface area contributed by atoms with Gasteiger partial charge in [-0.25, -0.2) is 4.79 Å². The van der Waals surface area contributed by atoms with Crippen LogP contribution in [0.2, 0.25) is 5.02 Å². The number of amides is 2. The van der Waals surface area contributed by atoms with E-state index >= 15 is 0 Å². The number of fused-ring (bicyclic) bond motifs is 1. The first-order chi connectivity index (χ1) is 11.0. The molecule has 0 spiro atoms. The van der Waals surface area contributed by atoms with Crippen molar-refractivity contribution in [1.82, 2.24) is 5.06 Å². The zero-order valence-corrected chi connectivity index (χ0v) is 12.7. The lowest BCUT2D eigenvalue weighted by Crippen LogP contribution is -2.32. The number of hydrogen-bond donors (Lipinski definition) is 0. The smallest absolute Gasteiger partial charge is 0.369 e. The molecular weight excluding hydrogens is 322 g/mol. The molecule has 23 heavy (non-hydrogen) atoms. The number of carbonyl (C=O) groups excluding carboxylic acids is 3. The van der Waals surface area contributed by atoms with Crippen LogP contribution in [0.4, 0.5) is 0 Å². The molecule has 7 heteroatoms. The van der Waals surface area contributed by atoms with Crippen LogP contribution < -0.4 is 4.74 Å². The molecule has 6 nitrogen and oxygen atoms in total. The highest BCUT2D eigenvalue weighted by atomic mass is 35.5. The van der Waals surface area contributed by atoms with Crippen LogP contribution in [0.15, 0.2) is 42.5 Å². The molecule has 0 bridgehead atoms. The fourth-order valence-electron chi connectivity index (χ4n) is 2.25. The third-order valence-electron chi connectivity index (χ3n) is 3.33. The van der Waals surface area contributed by atoms with Crippen molar-refractivity contribution in [2.24, 2.45) is 0 Å². The summed E-state index contributed by atoms with van der Waals surface area (Å²) in [4.78, 5) is 41.6. The highest BCUT2D eigenvalue weighted by molar-refractivity contribution is 6.34. The van der Waals surface area contributed by atoms with Gasteiger partial charge in [0.2, 0.25) is 0 Å². The Labute approximate surface area is 136 Å². The number of carbonyl (C=O) groups is 3. The van der Waals surface area contributed by atoms with Crippen molar-refractivity contribution in [3.05, 3.63) is 64.2 Å². The Morgan fingerprint density at radius 2 is 1.61 bits per heavy atom. The summed E-state index contributed by atoms with van der Waals surface area (Å²) in [6, 6.07) is 10.8. The standard InChI is InChI=1S/C16H10ClNO5/c1-22-12-8-4-7-11(17)13(12)16(21)23-18-14(19)9-5-2-3-6-10(9)15(18)20/h2-8H,1H3. The maximum Gasteiger partial charge on any atom is 0.369 e. The SMILES string of the molecule is COc1cccc(Cl)c1C(=O)ON1C(=O)c2ccccc2C1=O. The molecule has 0 fully saturated rings. The molecule has 0 unspecified atom stereocenters. The Morgan fingerprint density at radius 3 is 2.17 bits per heavy atom. The summed E-state index contributed by atoms with van der Waals surface area (Å²) in [6.45, 7) is 0. The predicted octanol–water partition coefficient (Wildman–Crippen LogP) is 2.72. The molecule has 2 aromatic rings. The van der Waals surface area contributed by atoms with Crippen molar-refractivity contribution in [2.45, 2.75) is 0 Å². The minimum atomic E-state index is -0.957. The maximum atomic E-state index is 12.3. The van der Waals surface area contributed by atoms with Gasteiger partial charge >= 0.3 is 5.97 Å². The maximum absolute atomic E-state index is 12.3. The second-order valence-electron chi connectivity index (χ2n) is 4.65. The lowest BCUT2D eigenvalue weighted by Gasteiger charge is -2.14. The van der Waals surface area contributed by atoms with E-state index in [1.165, 1.54) is 31.4 Å². The normalized spacial score (nSPS) is 13.0. The van der Waals surface area contributed by atoms with Crippen LogP contribution in [0, 0.1) is 0 Å². The first kappa shape index (κ1) is 15.1. The van der Waals surface area contributed by atoms with Crippen LogP contribution >= 0.6 is 11.6 Å². The van der Waals surface area contributed by atoms with E-state index in [-0.39, 0.29) is 27.5 Å². The zero-order valence-electron chi connectivity index (χ0n) is 11.9. The van der Waals surface area contributed by atoms with Crippen molar-refractivity contribution in [1.29, 1.82) is 0 Å². The quantitative estimate of drug-likeness (QED) is 0.808. The van der Waals surface area contributed by atoms with Gasteiger partial charge in [-0.15, -0.1) is 0 Å². The molecule has 0 aliphatic carbocycles. The Hall–Kier alpha value is -2.86. The van der Waals surface area contributed by atoms with Gasteiger partial charge in [0.15, 0.2) is 0 Å². The molecule has 1 aliphatic rings. The van der Waals surface area contributed by atoms with E-state index in [9.17, 15) is 14.4 Å². The molecule has 0 atom stereocenters. The van der Waals surface area contributed by atoms with E-state index < -0.39 is 17.8 Å². The molecule has 0 saturated carbocycles. The van der Waals surface area contributed by atoms with Gasteiger partial charge in [-0.3, -0.25) is 9.59 Å². The number of ether oxygens (including phenoxy) is 1. The molecule has 0 aromatic heterocycles. The highest BCUT2D eigenvalue weighted by Crippen LogP contribution is 2.29. The molecule has 3 rings (SSSR count). The van der Waals surface area contributed by atoms with Crippen molar-refractivity contribution >= 4 is 29.4 Å². The van der Waals surface area contributed by atoms with E-state index in [0.717, 1.165) is 0 Å².